The molecule has 1 atom stereocenters. The normalized spacial score (nSPS) is 16.8. The zero-order valence-corrected chi connectivity index (χ0v) is 18.1. The molecule has 2 rings (SSSR count). The first-order valence-corrected chi connectivity index (χ1v) is 9.23. The Labute approximate surface area is 173 Å². The lowest BCUT2D eigenvalue weighted by Crippen LogP contribution is -2.44. The third-order valence-corrected chi connectivity index (χ3v) is 4.11. The highest BCUT2D eigenvalue weighted by Gasteiger charge is 2.23. The summed E-state index contributed by atoms with van der Waals surface area (Å²) in [5.41, 5.74) is 1.27. The number of anilines is 1. The Morgan fingerprint density at radius 3 is 2.77 bits per heavy atom. The number of halogens is 1. The lowest BCUT2D eigenvalue weighted by atomic mass is 10.2. The molecule has 1 saturated heterocycles. The standard InChI is InChI=1S/C19H30N4O2.HI/c1-3-20-19(21-13-8-11-18(24)25-4-2)22-16-12-14-23(15-16)17-9-6-5-7-10-17;/h5-7,9-10,16H,3-4,8,11-15H2,1-2H3,(H2,20,21,22);1H. The van der Waals surface area contributed by atoms with Gasteiger partial charge < -0.3 is 20.3 Å². The van der Waals surface area contributed by atoms with Crippen LogP contribution in [0.4, 0.5) is 5.69 Å². The van der Waals surface area contributed by atoms with Gasteiger partial charge in [0.05, 0.1) is 6.61 Å². The molecule has 0 radical (unpaired) electrons. The molecule has 1 fully saturated rings. The molecule has 1 aromatic carbocycles. The zero-order chi connectivity index (χ0) is 17.9. The molecule has 1 heterocycles. The summed E-state index contributed by atoms with van der Waals surface area (Å²) < 4.78 is 4.93. The first-order chi connectivity index (χ1) is 12.2. The van der Waals surface area contributed by atoms with E-state index in [1.807, 2.05) is 13.0 Å². The van der Waals surface area contributed by atoms with Crippen LogP contribution in [0.25, 0.3) is 0 Å². The minimum absolute atomic E-state index is 0. The highest BCUT2D eigenvalue weighted by atomic mass is 127. The summed E-state index contributed by atoms with van der Waals surface area (Å²) in [6, 6.07) is 10.9. The van der Waals surface area contributed by atoms with Crippen LogP contribution in [0.5, 0.6) is 0 Å². The summed E-state index contributed by atoms with van der Waals surface area (Å²) in [4.78, 5) is 18.3. The fraction of sp³-hybridized carbons (Fsp3) is 0.579. The van der Waals surface area contributed by atoms with E-state index in [-0.39, 0.29) is 29.9 Å². The van der Waals surface area contributed by atoms with E-state index in [9.17, 15) is 4.79 Å². The number of hydrogen-bond donors (Lipinski definition) is 2. The fourth-order valence-corrected chi connectivity index (χ4v) is 2.91. The Kier molecular flexibility index (Phi) is 11.1. The van der Waals surface area contributed by atoms with Gasteiger partial charge in [0.2, 0.25) is 0 Å². The first-order valence-electron chi connectivity index (χ1n) is 9.23. The molecule has 0 saturated carbocycles. The van der Waals surface area contributed by atoms with Crippen LogP contribution < -0.4 is 15.5 Å². The van der Waals surface area contributed by atoms with Crippen LogP contribution in [0.15, 0.2) is 35.3 Å². The number of rotatable bonds is 8. The van der Waals surface area contributed by atoms with E-state index in [1.54, 1.807) is 0 Å². The number of hydrogen-bond acceptors (Lipinski definition) is 4. The Hall–Kier alpha value is -1.51. The SMILES string of the molecule is CCNC(=NCCCC(=O)OCC)NC1CCN(c2ccccc2)C1.I. The van der Waals surface area contributed by atoms with E-state index in [4.69, 9.17) is 4.74 Å². The van der Waals surface area contributed by atoms with Gasteiger partial charge in [-0.15, -0.1) is 24.0 Å². The van der Waals surface area contributed by atoms with Crippen molar-refractivity contribution in [2.75, 3.05) is 37.7 Å². The van der Waals surface area contributed by atoms with Crippen molar-refractivity contribution in [2.24, 2.45) is 4.99 Å². The van der Waals surface area contributed by atoms with Gasteiger partial charge in [-0.05, 0) is 38.8 Å². The highest BCUT2D eigenvalue weighted by molar-refractivity contribution is 14.0. The van der Waals surface area contributed by atoms with E-state index in [0.29, 0.717) is 32.0 Å². The number of aliphatic imine (C=N–C) groups is 1. The lowest BCUT2D eigenvalue weighted by Gasteiger charge is -2.20. The summed E-state index contributed by atoms with van der Waals surface area (Å²) in [6.07, 6.45) is 2.21. The van der Waals surface area contributed by atoms with E-state index < -0.39 is 0 Å². The largest absolute Gasteiger partial charge is 0.466 e. The first kappa shape index (κ1) is 22.5. The van der Waals surface area contributed by atoms with Crippen LogP contribution in [0.2, 0.25) is 0 Å². The van der Waals surface area contributed by atoms with Gasteiger partial charge in [-0.25, -0.2) is 0 Å². The second-order valence-corrected chi connectivity index (χ2v) is 6.08. The van der Waals surface area contributed by atoms with Gasteiger partial charge in [0.15, 0.2) is 5.96 Å². The molecule has 0 aromatic heterocycles. The van der Waals surface area contributed by atoms with E-state index in [1.165, 1.54) is 5.69 Å². The highest BCUT2D eigenvalue weighted by Crippen LogP contribution is 2.19. The van der Waals surface area contributed by atoms with Crippen molar-refractivity contribution in [3.05, 3.63) is 30.3 Å². The number of guanidine groups is 1. The Balaban J connectivity index is 0.00000338. The summed E-state index contributed by atoms with van der Waals surface area (Å²) in [5, 5.41) is 6.79. The number of nitrogens with zero attached hydrogens (tertiary/aromatic N) is 2. The maximum absolute atomic E-state index is 11.4. The van der Waals surface area contributed by atoms with Crippen molar-refractivity contribution in [2.45, 2.75) is 39.2 Å². The van der Waals surface area contributed by atoms with Crippen molar-refractivity contribution < 1.29 is 9.53 Å². The number of carbonyl (C=O) groups is 1. The van der Waals surface area contributed by atoms with Gasteiger partial charge in [-0.3, -0.25) is 9.79 Å². The molecule has 0 aliphatic carbocycles. The molecular weight excluding hydrogens is 443 g/mol. The third kappa shape index (κ3) is 7.80. The number of para-hydroxylation sites is 1. The van der Waals surface area contributed by atoms with Crippen molar-refractivity contribution in [1.82, 2.24) is 10.6 Å². The van der Waals surface area contributed by atoms with Crippen molar-refractivity contribution in [3.63, 3.8) is 0 Å². The number of benzene rings is 1. The Morgan fingerprint density at radius 2 is 2.08 bits per heavy atom. The Morgan fingerprint density at radius 1 is 1.31 bits per heavy atom. The van der Waals surface area contributed by atoms with Crippen LogP contribution in [0, 0.1) is 0 Å². The van der Waals surface area contributed by atoms with E-state index in [0.717, 1.165) is 32.0 Å². The monoisotopic (exact) mass is 474 g/mol. The van der Waals surface area contributed by atoms with E-state index in [2.05, 4.69) is 51.7 Å². The average Bonchev–Trinajstić information content (AvgIpc) is 3.08. The quantitative estimate of drug-likeness (QED) is 0.200. The lowest BCUT2D eigenvalue weighted by molar-refractivity contribution is -0.143. The molecule has 26 heavy (non-hydrogen) atoms. The smallest absolute Gasteiger partial charge is 0.305 e. The maximum atomic E-state index is 11.4. The molecule has 0 spiro atoms. The third-order valence-electron chi connectivity index (χ3n) is 4.11. The predicted molar refractivity (Wildman–Crippen MR) is 117 cm³/mol. The van der Waals surface area contributed by atoms with E-state index >= 15 is 0 Å². The molecule has 1 aliphatic heterocycles. The second-order valence-electron chi connectivity index (χ2n) is 6.08. The van der Waals surface area contributed by atoms with Crippen LogP contribution in [-0.4, -0.2) is 50.8 Å². The van der Waals surface area contributed by atoms with Crippen LogP contribution in [0.3, 0.4) is 0 Å². The predicted octanol–water partition coefficient (Wildman–Crippen LogP) is 2.78. The fourth-order valence-electron chi connectivity index (χ4n) is 2.91. The second kappa shape index (κ2) is 12.8. The van der Waals surface area contributed by atoms with Crippen LogP contribution in [0.1, 0.15) is 33.1 Å². The molecule has 1 aliphatic rings. The zero-order valence-electron chi connectivity index (χ0n) is 15.7. The van der Waals surface area contributed by atoms with Gasteiger partial charge >= 0.3 is 5.97 Å². The summed E-state index contributed by atoms with van der Waals surface area (Å²) in [7, 11) is 0. The molecule has 1 aromatic rings. The molecule has 0 bridgehead atoms. The van der Waals surface area contributed by atoms with Crippen molar-refractivity contribution >= 4 is 41.6 Å². The van der Waals surface area contributed by atoms with Crippen molar-refractivity contribution in [1.29, 1.82) is 0 Å². The van der Waals surface area contributed by atoms with Crippen LogP contribution >= 0.6 is 24.0 Å². The van der Waals surface area contributed by atoms with Gasteiger partial charge in [0, 0.05) is 44.3 Å². The number of esters is 1. The van der Waals surface area contributed by atoms with Gasteiger partial charge in [0.1, 0.15) is 0 Å². The number of carbonyl (C=O) groups excluding carboxylic acids is 1. The molecule has 7 heteroatoms. The van der Waals surface area contributed by atoms with Crippen molar-refractivity contribution in [3.8, 4) is 0 Å². The minimum atomic E-state index is -0.148. The summed E-state index contributed by atoms with van der Waals surface area (Å²) in [5.74, 6) is 0.677. The average molecular weight is 474 g/mol. The maximum Gasteiger partial charge on any atom is 0.305 e. The molecule has 2 N–H and O–H groups in total. The minimum Gasteiger partial charge on any atom is -0.466 e. The van der Waals surface area contributed by atoms with Gasteiger partial charge in [-0.2, -0.15) is 0 Å². The molecule has 6 nitrogen and oxygen atoms in total. The molecule has 1 unspecified atom stereocenters. The Bertz CT molecular complexity index is 554. The van der Waals surface area contributed by atoms with Gasteiger partial charge in [-0.1, -0.05) is 18.2 Å². The molecule has 0 amide bonds. The number of nitrogens with one attached hydrogen (secondary N) is 2. The molecule has 146 valence electrons. The summed E-state index contributed by atoms with van der Waals surface area (Å²) >= 11 is 0. The van der Waals surface area contributed by atoms with Crippen LogP contribution in [-0.2, 0) is 9.53 Å². The topological polar surface area (TPSA) is 66.0 Å². The summed E-state index contributed by atoms with van der Waals surface area (Å²) in [6.45, 7) is 7.76. The van der Waals surface area contributed by atoms with Gasteiger partial charge in [0.25, 0.3) is 0 Å². The number of ether oxygens (including phenoxy) is 1. The molecular formula is C19H31IN4O2.